The molecule has 1 aliphatic rings. The van der Waals surface area contributed by atoms with Gasteiger partial charge in [-0.1, -0.05) is 6.07 Å². The van der Waals surface area contributed by atoms with Crippen LogP contribution in [-0.4, -0.2) is 19.4 Å². The first-order valence-corrected chi connectivity index (χ1v) is 5.94. The lowest BCUT2D eigenvalue weighted by Gasteiger charge is -2.01. The molecule has 0 aliphatic carbocycles. The molecule has 1 aliphatic heterocycles. The number of fused-ring (bicyclic) bond motifs is 1. The topological polar surface area (TPSA) is 44.8 Å². The molecule has 4 nitrogen and oxygen atoms in total. The third-order valence-electron chi connectivity index (χ3n) is 2.16. The number of esters is 1. The average Bonchev–Trinajstić information content (AvgIpc) is 2.76. The van der Waals surface area contributed by atoms with Crippen molar-refractivity contribution in [3.63, 3.8) is 0 Å². The zero-order valence-corrected chi connectivity index (χ0v) is 10.8. The van der Waals surface area contributed by atoms with E-state index in [9.17, 15) is 4.79 Å². The van der Waals surface area contributed by atoms with Crippen LogP contribution in [0.2, 0.25) is 0 Å². The van der Waals surface area contributed by atoms with Crippen molar-refractivity contribution in [1.82, 2.24) is 0 Å². The fraction of sp³-hybridized carbons (Fsp3) is 0.250. The number of hydrogen-bond acceptors (Lipinski definition) is 4. The molecule has 0 N–H and O–H groups in total. The van der Waals surface area contributed by atoms with Crippen LogP contribution in [0.15, 0.2) is 22.7 Å². The van der Waals surface area contributed by atoms with Crippen molar-refractivity contribution in [1.29, 1.82) is 0 Å². The minimum atomic E-state index is -0.384. The lowest BCUT2D eigenvalue weighted by molar-refractivity contribution is -0.137. The molecule has 0 saturated heterocycles. The summed E-state index contributed by atoms with van der Waals surface area (Å²) in [4.78, 5) is 11.4. The van der Waals surface area contributed by atoms with E-state index in [-0.39, 0.29) is 12.8 Å². The van der Waals surface area contributed by atoms with Gasteiger partial charge in [0, 0.05) is 0 Å². The summed E-state index contributed by atoms with van der Waals surface area (Å²) in [5.74, 6) is 1.02. The first kappa shape index (κ1) is 12.0. The maximum absolute atomic E-state index is 11.4. The van der Waals surface area contributed by atoms with E-state index in [1.54, 1.807) is 19.1 Å². The Morgan fingerprint density at radius 2 is 2.24 bits per heavy atom. The van der Waals surface area contributed by atoms with Gasteiger partial charge in [0.2, 0.25) is 6.79 Å². The van der Waals surface area contributed by atoms with Crippen LogP contribution in [0, 0.1) is 0 Å². The van der Waals surface area contributed by atoms with Crippen LogP contribution >= 0.6 is 15.9 Å². The predicted molar refractivity (Wildman–Crippen MR) is 66.1 cm³/mol. The highest BCUT2D eigenvalue weighted by atomic mass is 79.9. The fourth-order valence-electron chi connectivity index (χ4n) is 1.41. The second-order valence-corrected chi connectivity index (χ2v) is 4.18. The second-order valence-electron chi connectivity index (χ2n) is 3.33. The van der Waals surface area contributed by atoms with Gasteiger partial charge in [-0.3, -0.25) is 0 Å². The number of rotatable bonds is 3. The number of benzene rings is 1. The van der Waals surface area contributed by atoms with Crippen molar-refractivity contribution in [3.05, 3.63) is 28.2 Å². The lowest BCUT2D eigenvalue weighted by atomic mass is 10.2. The van der Waals surface area contributed by atoms with Crippen LogP contribution in [0.1, 0.15) is 12.5 Å². The van der Waals surface area contributed by atoms with Gasteiger partial charge in [0.15, 0.2) is 11.5 Å². The van der Waals surface area contributed by atoms with Crippen molar-refractivity contribution in [2.75, 3.05) is 13.4 Å². The molecule has 0 aromatic heterocycles. The van der Waals surface area contributed by atoms with Gasteiger partial charge >= 0.3 is 5.97 Å². The molecule has 0 atom stereocenters. The second kappa shape index (κ2) is 5.23. The average molecular weight is 299 g/mol. The van der Waals surface area contributed by atoms with Crippen LogP contribution in [0.4, 0.5) is 0 Å². The van der Waals surface area contributed by atoms with E-state index in [0.717, 1.165) is 11.3 Å². The van der Waals surface area contributed by atoms with Crippen molar-refractivity contribution in [2.45, 2.75) is 6.92 Å². The predicted octanol–water partition coefficient (Wildman–Crippen LogP) is 2.71. The number of halogens is 1. The molecule has 1 heterocycles. The van der Waals surface area contributed by atoms with Gasteiger partial charge in [-0.05, 0) is 46.6 Å². The summed E-state index contributed by atoms with van der Waals surface area (Å²) in [5.41, 5.74) is 0.842. The highest BCUT2D eigenvalue weighted by molar-refractivity contribution is 9.12. The molecule has 0 bridgehead atoms. The molecule has 90 valence electrons. The van der Waals surface area contributed by atoms with E-state index in [0.29, 0.717) is 16.8 Å². The number of carbonyl (C=O) groups excluding carboxylic acids is 1. The summed E-state index contributed by atoms with van der Waals surface area (Å²) >= 11 is 3.18. The Morgan fingerprint density at radius 1 is 1.47 bits per heavy atom. The Morgan fingerprint density at radius 3 is 3.00 bits per heavy atom. The molecule has 17 heavy (non-hydrogen) atoms. The van der Waals surface area contributed by atoms with Crippen LogP contribution in [0.3, 0.4) is 0 Å². The first-order valence-electron chi connectivity index (χ1n) is 5.14. The maximum atomic E-state index is 11.4. The molecule has 1 aromatic rings. The Balaban J connectivity index is 2.18. The minimum absolute atomic E-state index is 0.238. The minimum Gasteiger partial charge on any atom is -0.462 e. The molecule has 0 unspecified atom stereocenters. The van der Waals surface area contributed by atoms with E-state index in [1.807, 2.05) is 12.1 Å². The molecule has 0 saturated carbocycles. The third-order valence-corrected chi connectivity index (χ3v) is 2.71. The van der Waals surface area contributed by atoms with Gasteiger partial charge in [-0.25, -0.2) is 4.79 Å². The fourth-order valence-corrected chi connectivity index (χ4v) is 1.79. The van der Waals surface area contributed by atoms with Gasteiger partial charge in [0.05, 0.1) is 6.61 Å². The van der Waals surface area contributed by atoms with Crippen LogP contribution in [-0.2, 0) is 9.53 Å². The highest BCUT2D eigenvalue weighted by Gasteiger charge is 2.13. The Kier molecular flexibility index (Phi) is 3.68. The zero-order chi connectivity index (χ0) is 12.3. The number of carbonyl (C=O) groups is 1. The highest BCUT2D eigenvalue weighted by Crippen LogP contribution is 2.33. The molecule has 2 rings (SSSR count). The molecule has 0 spiro atoms. The van der Waals surface area contributed by atoms with Gasteiger partial charge < -0.3 is 14.2 Å². The Labute approximate surface area is 107 Å². The summed E-state index contributed by atoms with van der Waals surface area (Å²) in [6, 6.07) is 5.45. The van der Waals surface area contributed by atoms with Gasteiger partial charge in [0.1, 0.15) is 4.48 Å². The zero-order valence-electron chi connectivity index (χ0n) is 9.23. The largest absolute Gasteiger partial charge is 0.462 e. The van der Waals surface area contributed by atoms with E-state index < -0.39 is 0 Å². The van der Waals surface area contributed by atoms with Gasteiger partial charge in [-0.2, -0.15) is 0 Å². The van der Waals surface area contributed by atoms with E-state index in [2.05, 4.69) is 15.9 Å². The smallest absolute Gasteiger partial charge is 0.345 e. The summed E-state index contributed by atoms with van der Waals surface area (Å²) in [6.07, 6.45) is 1.68. The van der Waals surface area contributed by atoms with Crippen molar-refractivity contribution >= 4 is 28.0 Å². The normalized spacial score (nSPS) is 13.6. The molecular weight excluding hydrogens is 288 g/mol. The van der Waals surface area contributed by atoms with Gasteiger partial charge in [0.25, 0.3) is 0 Å². The molecule has 1 aromatic carbocycles. The van der Waals surface area contributed by atoms with E-state index in [4.69, 9.17) is 14.2 Å². The standard InChI is InChI=1S/C12H11BrO4/c1-2-15-12(14)9(13)5-8-3-4-10-11(6-8)17-7-16-10/h3-6H,2,7H2,1H3/b9-5-. The SMILES string of the molecule is CCOC(=O)/C(Br)=C/c1ccc2c(c1)OCO2. The quantitative estimate of drug-likeness (QED) is 0.636. The van der Waals surface area contributed by atoms with Crippen molar-refractivity contribution in [2.24, 2.45) is 0 Å². The maximum Gasteiger partial charge on any atom is 0.345 e. The summed E-state index contributed by atoms with van der Waals surface area (Å²) in [6.45, 7) is 2.35. The monoisotopic (exact) mass is 298 g/mol. The van der Waals surface area contributed by atoms with Crippen molar-refractivity contribution < 1.29 is 19.0 Å². The van der Waals surface area contributed by atoms with Crippen LogP contribution < -0.4 is 9.47 Å². The summed E-state index contributed by atoms with van der Waals surface area (Å²) in [7, 11) is 0. The number of hydrogen-bond donors (Lipinski definition) is 0. The molecule has 0 amide bonds. The Bertz CT molecular complexity index is 468. The van der Waals surface area contributed by atoms with E-state index in [1.165, 1.54) is 0 Å². The molecular formula is C12H11BrO4. The summed E-state index contributed by atoms with van der Waals surface area (Å²) in [5, 5.41) is 0. The molecule has 0 fully saturated rings. The lowest BCUT2D eigenvalue weighted by Crippen LogP contribution is -2.02. The van der Waals surface area contributed by atoms with Crippen molar-refractivity contribution in [3.8, 4) is 11.5 Å². The number of ether oxygens (including phenoxy) is 3. The van der Waals surface area contributed by atoms with Gasteiger partial charge in [-0.15, -0.1) is 0 Å². The summed E-state index contributed by atoms with van der Waals surface area (Å²) < 4.78 is 15.7. The van der Waals surface area contributed by atoms with Crippen LogP contribution in [0.5, 0.6) is 11.5 Å². The first-order chi connectivity index (χ1) is 8.20. The van der Waals surface area contributed by atoms with Crippen LogP contribution in [0.25, 0.3) is 6.08 Å². The molecule has 5 heteroatoms. The molecule has 0 radical (unpaired) electrons. The third kappa shape index (κ3) is 2.79. The van der Waals surface area contributed by atoms with E-state index >= 15 is 0 Å². The Hall–Kier alpha value is -1.49.